The van der Waals surface area contributed by atoms with Crippen molar-refractivity contribution in [2.45, 2.75) is 43.7 Å². The number of aryl methyl sites for hydroxylation is 2. The number of fused-ring (bicyclic) bond motifs is 2. The predicted molar refractivity (Wildman–Crippen MR) is 119 cm³/mol. The van der Waals surface area contributed by atoms with E-state index in [1.54, 1.807) is 6.07 Å². The molecule has 1 aliphatic heterocycles. The Morgan fingerprint density at radius 3 is 2.78 bits per heavy atom. The second-order valence-corrected chi connectivity index (χ2v) is 9.24. The molecule has 0 unspecified atom stereocenters. The van der Waals surface area contributed by atoms with Gasteiger partial charge in [0.15, 0.2) is 11.5 Å². The van der Waals surface area contributed by atoms with Crippen LogP contribution in [0.2, 0.25) is 0 Å². The molecule has 2 heterocycles. The number of aromatic nitrogens is 2. The molecular weight excluding hydrogens is 432 g/mol. The molecule has 0 saturated carbocycles. The molecule has 3 N–H and O–H groups in total. The van der Waals surface area contributed by atoms with Crippen LogP contribution < -0.4 is 19.9 Å². The summed E-state index contributed by atoms with van der Waals surface area (Å²) in [6.07, 6.45) is 1.30. The van der Waals surface area contributed by atoms with E-state index in [0.29, 0.717) is 36.6 Å². The van der Waals surface area contributed by atoms with E-state index in [0.717, 1.165) is 24.3 Å². The number of carbonyl (C=O) groups excluding carboxylic acids is 1. The number of benzene rings is 2. The first-order valence-corrected chi connectivity index (χ1v) is 12.1. The zero-order valence-corrected chi connectivity index (χ0v) is 18.6. The van der Waals surface area contributed by atoms with Gasteiger partial charge in [-0.05, 0) is 36.8 Å². The highest BCUT2D eigenvalue weighted by atomic mass is 32.2. The molecule has 1 aromatic heterocycles. The van der Waals surface area contributed by atoms with Crippen LogP contribution in [0.4, 0.5) is 0 Å². The molecule has 0 saturated heterocycles. The summed E-state index contributed by atoms with van der Waals surface area (Å²) in [6, 6.07) is 12.1. The van der Waals surface area contributed by atoms with Crippen molar-refractivity contribution in [3.8, 4) is 11.5 Å². The number of carbonyl (C=O) groups is 1. The van der Waals surface area contributed by atoms with Crippen molar-refractivity contribution in [2.24, 2.45) is 5.14 Å². The van der Waals surface area contributed by atoms with Gasteiger partial charge in [0.2, 0.25) is 15.9 Å². The molecule has 9 nitrogen and oxygen atoms in total. The Balaban J connectivity index is 1.39. The lowest BCUT2D eigenvalue weighted by molar-refractivity contribution is -0.121. The average Bonchev–Trinajstić information content (AvgIpc) is 3.12. The van der Waals surface area contributed by atoms with Crippen LogP contribution in [-0.2, 0) is 27.8 Å². The molecule has 32 heavy (non-hydrogen) atoms. The van der Waals surface area contributed by atoms with Crippen LogP contribution in [0.3, 0.4) is 0 Å². The number of rotatable bonds is 8. The summed E-state index contributed by atoms with van der Waals surface area (Å²) < 4.78 is 36.8. The minimum absolute atomic E-state index is 0.0201. The summed E-state index contributed by atoms with van der Waals surface area (Å²) in [6.45, 7) is 3.48. The van der Waals surface area contributed by atoms with Crippen LogP contribution in [-0.4, -0.2) is 43.1 Å². The maximum absolute atomic E-state index is 12.4. The number of para-hydroxylation sites is 2. The molecule has 0 radical (unpaired) electrons. The first-order chi connectivity index (χ1) is 15.3. The van der Waals surface area contributed by atoms with Gasteiger partial charge < -0.3 is 19.4 Å². The number of hydrogen-bond donors (Lipinski definition) is 2. The number of nitrogens with zero attached hydrogens (tertiary/aromatic N) is 2. The Morgan fingerprint density at radius 1 is 1.25 bits per heavy atom. The molecule has 3 aromatic rings. The van der Waals surface area contributed by atoms with Crippen LogP contribution in [0.1, 0.15) is 25.6 Å². The first kappa shape index (κ1) is 22.1. The van der Waals surface area contributed by atoms with Gasteiger partial charge in [-0.1, -0.05) is 19.1 Å². The largest absolute Gasteiger partial charge is 0.486 e. The van der Waals surface area contributed by atoms with Gasteiger partial charge in [-0.15, -0.1) is 0 Å². The third-order valence-electron chi connectivity index (χ3n) is 5.24. The van der Waals surface area contributed by atoms with E-state index in [9.17, 15) is 13.2 Å². The second-order valence-electron chi connectivity index (χ2n) is 7.68. The van der Waals surface area contributed by atoms with E-state index in [1.807, 2.05) is 35.8 Å². The Bertz CT molecular complexity index is 1240. The highest BCUT2D eigenvalue weighted by Gasteiger charge is 2.21. The number of primary sulfonamides is 1. The fraction of sp³-hybridized carbons (Fsp3) is 0.364. The minimum atomic E-state index is -3.81. The molecule has 0 aliphatic carbocycles. The van der Waals surface area contributed by atoms with E-state index in [-0.39, 0.29) is 23.3 Å². The van der Waals surface area contributed by atoms with Gasteiger partial charge in [0.1, 0.15) is 18.5 Å². The summed E-state index contributed by atoms with van der Waals surface area (Å²) in [5, 5.41) is 8.13. The third kappa shape index (κ3) is 4.86. The number of nitrogens with two attached hydrogens (primary N) is 1. The van der Waals surface area contributed by atoms with Crippen LogP contribution in [0.5, 0.6) is 11.5 Å². The number of nitrogens with one attached hydrogen (secondary N) is 1. The molecule has 1 aliphatic rings. The Morgan fingerprint density at radius 2 is 2.03 bits per heavy atom. The van der Waals surface area contributed by atoms with Crippen LogP contribution in [0.15, 0.2) is 47.4 Å². The SMILES string of the molecule is CCCn1c(CCC(=O)NC[C@H]2COc3ccccc3O2)nc2cc(S(N)(=O)=O)ccc21. The van der Waals surface area contributed by atoms with Gasteiger partial charge in [0, 0.05) is 19.4 Å². The maximum Gasteiger partial charge on any atom is 0.238 e. The summed E-state index contributed by atoms with van der Waals surface area (Å²) in [5.74, 6) is 1.99. The fourth-order valence-corrected chi connectivity index (χ4v) is 4.24. The highest BCUT2D eigenvalue weighted by Crippen LogP contribution is 2.30. The van der Waals surface area contributed by atoms with Gasteiger partial charge in [-0.3, -0.25) is 4.79 Å². The summed E-state index contributed by atoms with van der Waals surface area (Å²) in [7, 11) is -3.81. The van der Waals surface area contributed by atoms with Crippen molar-refractivity contribution >= 4 is 27.0 Å². The standard InChI is InChI=1S/C22H26N4O5S/c1-2-11-26-18-8-7-16(32(23,28)29)12-17(18)25-21(26)9-10-22(27)24-13-15-14-30-19-5-3-4-6-20(19)31-15/h3-8,12,15H,2,9-11,13-14H2,1H3,(H,24,27)(H2,23,28,29)/t15-/m0/s1. The normalized spacial score (nSPS) is 15.6. The molecule has 10 heteroatoms. The number of sulfonamides is 1. The average molecular weight is 459 g/mol. The van der Waals surface area contributed by atoms with Crippen molar-refractivity contribution in [2.75, 3.05) is 13.2 Å². The lowest BCUT2D eigenvalue weighted by Gasteiger charge is -2.26. The molecule has 0 fully saturated rings. The minimum Gasteiger partial charge on any atom is -0.486 e. The molecule has 4 rings (SSSR count). The zero-order valence-electron chi connectivity index (χ0n) is 17.8. The molecular formula is C22H26N4O5S. The first-order valence-electron chi connectivity index (χ1n) is 10.5. The van der Waals surface area contributed by atoms with Gasteiger partial charge >= 0.3 is 0 Å². The molecule has 1 atom stereocenters. The number of hydrogen-bond acceptors (Lipinski definition) is 6. The van der Waals surface area contributed by atoms with Crippen molar-refractivity contribution < 1.29 is 22.7 Å². The topological polar surface area (TPSA) is 126 Å². The molecule has 0 bridgehead atoms. The lowest BCUT2D eigenvalue weighted by Crippen LogP contribution is -2.40. The van der Waals surface area contributed by atoms with E-state index in [1.165, 1.54) is 12.1 Å². The predicted octanol–water partition coefficient (Wildman–Crippen LogP) is 1.98. The number of ether oxygens (including phenoxy) is 2. The third-order valence-corrected chi connectivity index (χ3v) is 6.16. The van der Waals surface area contributed by atoms with E-state index in [4.69, 9.17) is 14.6 Å². The molecule has 1 amide bonds. The quantitative estimate of drug-likeness (QED) is 0.532. The van der Waals surface area contributed by atoms with Crippen molar-refractivity contribution in [3.05, 3.63) is 48.3 Å². The van der Waals surface area contributed by atoms with Gasteiger partial charge in [-0.25, -0.2) is 18.5 Å². The zero-order chi connectivity index (χ0) is 22.7. The highest BCUT2D eigenvalue weighted by molar-refractivity contribution is 7.89. The van der Waals surface area contributed by atoms with Crippen molar-refractivity contribution in [1.82, 2.24) is 14.9 Å². The van der Waals surface area contributed by atoms with Gasteiger partial charge in [-0.2, -0.15) is 0 Å². The van der Waals surface area contributed by atoms with Crippen LogP contribution in [0, 0.1) is 0 Å². The smallest absolute Gasteiger partial charge is 0.238 e. The second kappa shape index (κ2) is 9.17. The molecule has 170 valence electrons. The summed E-state index contributed by atoms with van der Waals surface area (Å²) >= 11 is 0. The van der Waals surface area contributed by atoms with E-state index >= 15 is 0 Å². The maximum atomic E-state index is 12.4. The van der Waals surface area contributed by atoms with Gasteiger partial charge in [0.05, 0.1) is 22.5 Å². The molecule has 2 aromatic carbocycles. The summed E-state index contributed by atoms with van der Waals surface area (Å²) in [4.78, 5) is 17.0. The fourth-order valence-electron chi connectivity index (χ4n) is 3.71. The Hall–Kier alpha value is -3.11. The van der Waals surface area contributed by atoms with Crippen molar-refractivity contribution in [3.63, 3.8) is 0 Å². The lowest BCUT2D eigenvalue weighted by atomic mass is 10.2. The summed E-state index contributed by atoms with van der Waals surface area (Å²) in [5.41, 5.74) is 1.37. The van der Waals surface area contributed by atoms with Crippen LogP contribution >= 0.6 is 0 Å². The van der Waals surface area contributed by atoms with Crippen molar-refractivity contribution in [1.29, 1.82) is 0 Å². The number of imidazole rings is 1. The van der Waals surface area contributed by atoms with E-state index < -0.39 is 10.0 Å². The van der Waals surface area contributed by atoms with Crippen LogP contribution in [0.25, 0.3) is 11.0 Å². The Kier molecular flexibility index (Phi) is 6.33. The van der Waals surface area contributed by atoms with E-state index in [2.05, 4.69) is 10.3 Å². The monoisotopic (exact) mass is 458 g/mol. The Labute approximate surface area is 186 Å². The number of amides is 1. The van der Waals surface area contributed by atoms with Gasteiger partial charge in [0.25, 0.3) is 0 Å². The molecule has 0 spiro atoms.